The molecule has 0 saturated heterocycles. The third-order valence-electron chi connectivity index (χ3n) is 3.22. The van der Waals surface area contributed by atoms with Crippen molar-refractivity contribution in [3.63, 3.8) is 0 Å². The van der Waals surface area contributed by atoms with Crippen LogP contribution >= 0.6 is 15.9 Å². The molecular weight excluding hydrogens is 348 g/mol. The van der Waals surface area contributed by atoms with E-state index >= 15 is 0 Å². The number of aromatic nitrogens is 1. The van der Waals surface area contributed by atoms with Gasteiger partial charge in [-0.1, -0.05) is 0 Å². The summed E-state index contributed by atoms with van der Waals surface area (Å²) in [7, 11) is 3.19. The number of amides is 1. The fraction of sp³-hybridized carbons (Fsp3) is 0.250. The molecule has 0 spiro atoms. The molecule has 0 saturated carbocycles. The summed E-state index contributed by atoms with van der Waals surface area (Å²) < 4.78 is 11.3. The average Bonchev–Trinajstić information content (AvgIpc) is 2.54. The van der Waals surface area contributed by atoms with Crippen molar-refractivity contribution in [1.82, 2.24) is 10.3 Å². The van der Waals surface area contributed by atoms with E-state index in [4.69, 9.17) is 9.47 Å². The Morgan fingerprint density at radius 2 is 2.00 bits per heavy atom. The molecule has 1 N–H and O–H groups in total. The fourth-order valence-corrected chi connectivity index (χ4v) is 2.44. The van der Waals surface area contributed by atoms with Crippen LogP contribution in [0.3, 0.4) is 0 Å². The van der Waals surface area contributed by atoms with Crippen LogP contribution in [0.1, 0.15) is 28.9 Å². The Morgan fingerprint density at radius 1 is 1.23 bits per heavy atom. The van der Waals surface area contributed by atoms with Gasteiger partial charge in [0, 0.05) is 22.4 Å². The first kappa shape index (κ1) is 16.3. The van der Waals surface area contributed by atoms with E-state index in [0.29, 0.717) is 17.1 Å². The molecule has 5 nitrogen and oxygen atoms in total. The van der Waals surface area contributed by atoms with Crippen molar-refractivity contribution < 1.29 is 14.3 Å². The molecule has 1 aromatic heterocycles. The van der Waals surface area contributed by atoms with E-state index in [1.165, 1.54) is 6.20 Å². The molecule has 0 aliphatic heterocycles. The normalized spacial score (nSPS) is 11.6. The van der Waals surface area contributed by atoms with Crippen molar-refractivity contribution >= 4 is 21.8 Å². The average molecular weight is 365 g/mol. The second kappa shape index (κ2) is 7.26. The zero-order chi connectivity index (χ0) is 16.1. The molecule has 0 radical (unpaired) electrons. The van der Waals surface area contributed by atoms with Gasteiger partial charge in [-0.05, 0) is 47.1 Å². The van der Waals surface area contributed by atoms with E-state index in [-0.39, 0.29) is 11.9 Å². The number of carbonyl (C=O) groups is 1. The zero-order valence-electron chi connectivity index (χ0n) is 12.6. The number of nitrogens with zero attached hydrogens (tertiary/aromatic N) is 1. The molecule has 0 unspecified atom stereocenters. The van der Waals surface area contributed by atoms with Crippen LogP contribution in [-0.2, 0) is 0 Å². The fourth-order valence-electron chi connectivity index (χ4n) is 2.07. The highest BCUT2D eigenvalue weighted by molar-refractivity contribution is 9.10. The van der Waals surface area contributed by atoms with E-state index in [9.17, 15) is 4.79 Å². The monoisotopic (exact) mass is 364 g/mol. The van der Waals surface area contributed by atoms with Gasteiger partial charge in [0.2, 0.25) is 0 Å². The zero-order valence-corrected chi connectivity index (χ0v) is 14.2. The number of nitrogens with one attached hydrogen (secondary N) is 1. The second-order valence-electron chi connectivity index (χ2n) is 4.69. The molecule has 1 atom stereocenters. The topological polar surface area (TPSA) is 60.5 Å². The number of methoxy groups -OCH3 is 2. The molecule has 0 aliphatic carbocycles. The minimum atomic E-state index is -0.239. The summed E-state index contributed by atoms with van der Waals surface area (Å²) in [6.07, 6.45) is 3.15. The van der Waals surface area contributed by atoms with E-state index in [0.717, 1.165) is 10.0 Å². The van der Waals surface area contributed by atoms with Crippen LogP contribution in [0.25, 0.3) is 0 Å². The summed E-state index contributed by atoms with van der Waals surface area (Å²) in [4.78, 5) is 16.3. The Hall–Kier alpha value is -2.08. The lowest BCUT2D eigenvalue weighted by molar-refractivity contribution is 0.0939. The minimum Gasteiger partial charge on any atom is -0.497 e. The van der Waals surface area contributed by atoms with Crippen molar-refractivity contribution in [3.05, 3.63) is 52.3 Å². The number of ether oxygens (including phenoxy) is 2. The van der Waals surface area contributed by atoms with Gasteiger partial charge in [-0.15, -0.1) is 0 Å². The molecule has 0 aliphatic rings. The Kier molecular flexibility index (Phi) is 5.38. The largest absolute Gasteiger partial charge is 0.497 e. The Balaban J connectivity index is 2.21. The molecule has 0 bridgehead atoms. The lowest BCUT2D eigenvalue weighted by Crippen LogP contribution is -2.27. The van der Waals surface area contributed by atoms with Gasteiger partial charge in [0.05, 0.1) is 25.8 Å². The maximum atomic E-state index is 12.3. The first-order valence-electron chi connectivity index (χ1n) is 6.68. The van der Waals surface area contributed by atoms with Gasteiger partial charge in [-0.25, -0.2) is 0 Å². The Morgan fingerprint density at radius 3 is 2.64 bits per heavy atom. The molecular formula is C16H17BrN2O3. The van der Waals surface area contributed by atoms with Gasteiger partial charge in [0.1, 0.15) is 11.5 Å². The Labute approximate surface area is 137 Å². The first-order valence-corrected chi connectivity index (χ1v) is 7.47. The van der Waals surface area contributed by atoms with E-state index < -0.39 is 0 Å². The molecule has 116 valence electrons. The van der Waals surface area contributed by atoms with Gasteiger partial charge < -0.3 is 14.8 Å². The summed E-state index contributed by atoms with van der Waals surface area (Å²) in [5.41, 5.74) is 1.33. The Bertz CT molecular complexity index is 676. The summed E-state index contributed by atoms with van der Waals surface area (Å²) in [5.74, 6) is 1.20. The van der Waals surface area contributed by atoms with E-state index in [1.807, 2.05) is 25.1 Å². The summed E-state index contributed by atoms with van der Waals surface area (Å²) in [5, 5.41) is 2.93. The van der Waals surface area contributed by atoms with Crippen molar-refractivity contribution in [2.24, 2.45) is 0 Å². The third kappa shape index (κ3) is 3.76. The van der Waals surface area contributed by atoms with Crippen LogP contribution in [0.2, 0.25) is 0 Å². The number of pyridine rings is 1. The van der Waals surface area contributed by atoms with Crippen molar-refractivity contribution in [3.8, 4) is 11.5 Å². The number of hydrogen-bond donors (Lipinski definition) is 1. The van der Waals surface area contributed by atoms with Crippen LogP contribution in [0, 0.1) is 0 Å². The highest BCUT2D eigenvalue weighted by Gasteiger charge is 2.16. The van der Waals surface area contributed by atoms with E-state index in [1.54, 1.807) is 26.5 Å². The lowest BCUT2D eigenvalue weighted by Gasteiger charge is -2.18. The third-order valence-corrected chi connectivity index (χ3v) is 3.65. The van der Waals surface area contributed by atoms with Gasteiger partial charge in [-0.2, -0.15) is 0 Å². The molecule has 1 heterocycles. The summed E-state index contributed by atoms with van der Waals surface area (Å²) in [6.45, 7) is 1.89. The predicted molar refractivity (Wildman–Crippen MR) is 87.4 cm³/mol. The van der Waals surface area contributed by atoms with Gasteiger partial charge in [0.25, 0.3) is 5.91 Å². The highest BCUT2D eigenvalue weighted by atomic mass is 79.9. The van der Waals surface area contributed by atoms with Crippen LogP contribution in [0.4, 0.5) is 0 Å². The maximum absolute atomic E-state index is 12.3. The number of rotatable bonds is 5. The SMILES string of the molecule is COc1ccc(OC)c([C@H](C)NC(=O)c2cncc(Br)c2)c1. The van der Waals surface area contributed by atoms with E-state index in [2.05, 4.69) is 26.2 Å². The molecule has 1 aromatic carbocycles. The van der Waals surface area contributed by atoms with Crippen molar-refractivity contribution in [1.29, 1.82) is 0 Å². The molecule has 2 aromatic rings. The van der Waals surface area contributed by atoms with Gasteiger partial charge in [-0.3, -0.25) is 9.78 Å². The summed E-state index contributed by atoms with van der Waals surface area (Å²) >= 11 is 3.30. The van der Waals surface area contributed by atoms with Crippen LogP contribution in [0.15, 0.2) is 41.1 Å². The van der Waals surface area contributed by atoms with Crippen molar-refractivity contribution in [2.75, 3.05) is 14.2 Å². The minimum absolute atomic E-state index is 0.203. The second-order valence-corrected chi connectivity index (χ2v) is 5.61. The first-order chi connectivity index (χ1) is 10.5. The summed E-state index contributed by atoms with van der Waals surface area (Å²) in [6, 6.07) is 6.96. The molecule has 0 fully saturated rings. The lowest BCUT2D eigenvalue weighted by atomic mass is 10.1. The molecule has 22 heavy (non-hydrogen) atoms. The maximum Gasteiger partial charge on any atom is 0.253 e. The number of carbonyl (C=O) groups excluding carboxylic acids is 1. The number of halogens is 1. The molecule has 2 rings (SSSR count). The highest BCUT2D eigenvalue weighted by Crippen LogP contribution is 2.29. The molecule has 1 amide bonds. The van der Waals surface area contributed by atoms with Gasteiger partial charge in [0.15, 0.2) is 0 Å². The van der Waals surface area contributed by atoms with Crippen molar-refractivity contribution in [2.45, 2.75) is 13.0 Å². The molecule has 6 heteroatoms. The van der Waals surface area contributed by atoms with Gasteiger partial charge >= 0.3 is 0 Å². The van der Waals surface area contributed by atoms with Crippen LogP contribution in [0.5, 0.6) is 11.5 Å². The standard InChI is InChI=1S/C16H17BrN2O3/c1-10(14-7-13(21-2)4-5-15(14)22-3)19-16(20)11-6-12(17)9-18-8-11/h4-10H,1-3H3,(H,19,20)/t10-/m0/s1. The van der Waals surface area contributed by atoms with Crippen LogP contribution < -0.4 is 14.8 Å². The number of hydrogen-bond acceptors (Lipinski definition) is 4. The van der Waals surface area contributed by atoms with Crippen LogP contribution in [-0.4, -0.2) is 25.1 Å². The smallest absolute Gasteiger partial charge is 0.253 e. The number of benzene rings is 1. The quantitative estimate of drug-likeness (QED) is 0.883. The predicted octanol–water partition coefficient (Wildman–Crippen LogP) is 3.35.